The molecule has 0 spiro atoms. The van der Waals surface area contributed by atoms with Crippen molar-refractivity contribution in [2.75, 3.05) is 45.9 Å². The summed E-state index contributed by atoms with van der Waals surface area (Å²) in [6, 6.07) is 0. The van der Waals surface area contributed by atoms with Crippen LogP contribution in [0.25, 0.3) is 0 Å². The summed E-state index contributed by atoms with van der Waals surface area (Å²) in [5.74, 6) is 2.80. The first-order chi connectivity index (χ1) is 12.1. The van der Waals surface area contributed by atoms with Gasteiger partial charge in [-0.05, 0) is 76.4 Å². The van der Waals surface area contributed by atoms with Gasteiger partial charge >= 0.3 is 0 Å². The van der Waals surface area contributed by atoms with Crippen LogP contribution in [0.15, 0.2) is 4.99 Å². The van der Waals surface area contributed by atoms with Crippen molar-refractivity contribution < 1.29 is 5.11 Å². The molecule has 1 saturated heterocycles. The van der Waals surface area contributed by atoms with Crippen molar-refractivity contribution >= 4 is 5.96 Å². The molecular formula is C20H42N4O. The Morgan fingerprint density at radius 2 is 1.92 bits per heavy atom. The Balaban J connectivity index is 2.42. The van der Waals surface area contributed by atoms with Crippen LogP contribution >= 0.6 is 0 Å². The van der Waals surface area contributed by atoms with Gasteiger partial charge in [-0.2, -0.15) is 0 Å². The molecule has 1 rings (SSSR count). The largest absolute Gasteiger partial charge is 0.396 e. The van der Waals surface area contributed by atoms with Crippen molar-refractivity contribution in [2.24, 2.45) is 22.7 Å². The second-order valence-electron chi connectivity index (χ2n) is 7.89. The van der Waals surface area contributed by atoms with Crippen LogP contribution in [0.2, 0.25) is 0 Å². The van der Waals surface area contributed by atoms with Crippen molar-refractivity contribution in [3.63, 3.8) is 0 Å². The average molecular weight is 355 g/mol. The van der Waals surface area contributed by atoms with E-state index in [1.165, 1.54) is 38.9 Å². The monoisotopic (exact) mass is 354 g/mol. The minimum atomic E-state index is 0.257. The highest BCUT2D eigenvalue weighted by molar-refractivity contribution is 5.79. The van der Waals surface area contributed by atoms with Crippen molar-refractivity contribution in [2.45, 2.75) is 59.8 Å². The van der Waals surface area contributed by atoms with Gasteiger partial charge in [0.15, 0.2) is 5.96 Å². The number of aliphatic imine (C=N–C) groups is 1. The lowest BCUT2D eigenvalue weighted by atomic mass is 9.94. The molecular weight excluding hydrogens is 312 g/mol. The summed E-state index contributed by atoms with van der Waals surface area (Å²) < 4.78 is 0. The average Bonchev–Trinajstić information content (AvgIpc) is 2.58. The lowest BCUT2D eigenvalue weighted by molar-refractivity contribution is 0.185. The topological polar surface area (TPSA) is 59.9 Å². The van der Waals surface area contributed by atoms with E-state index in [4.69, 9.17) is 4.99 Å². The summed E-state index contributed by atoms with van der Waals surface area (Å²) in [5, 5.41) is 16.2. The van der Waals surface area contributed by atoms with Gasteiger partial charge in [0.05, 0.1) is 0 Å². The zero-order valence-electron chi connectivity index (χ0n) is 17.1. The van der Waals surface area contributed by atoms with E-state index in [1.807, 2.05) is 0 Å². The summed E-state index contributed by atoms with van der Waals surface area (Å²) in [6.07, 6.45) is 5.79. The third-order valence-electron chi connectivity index (χ3n) is 5.00. The molecule has 0 aliphatic carbocycles. The second-order valence-corrected chi connectivity index (χ2v) is 7.89. The molecule has 3 N–H and O–H groups in total. The predicted octanol–water partition coefficient (Wildman–Crippen LogP) is 2.71. The Morgan fingerprint density at radius 1 is 1.20 bits per heavy atom. The van der Waals surface area contributed by atoms with Crippen molar-refractivity contribution in [3.8, 4) is 0 Å². The van der Waals surface area contributed by atoms with E-state index in [9.17, 15) is 5.11 Å². The van der Waals surface area contributed by atoms with Gasteiger partial charge in [-0.25, -0.2) is 0 Å². The molecule has 0 aromatic carbocycles. The van der Waals surface area contributed by atoms with Crippen LogP contribution in [0.1, 0.15) is 59.8 Å². The van der Waals surface area contributed by atoms with Crippen LogP contribution in [-0.4, -0.2) is 61.8 Å². The van der Waals surface area contributed by atoms with Gasteiger partial charge < -0.3 is 20.6 Å². The molecule has 1 heterocycles. The smallest absolute Gasteiger partial charge is 0.191 e. The van der Waals surface area contributed by atoms with Crippen molar-refractivity contribution in [1.29, 1.82) is 0 Å². The van der Waals surface area contributed by atoms with Crippen LogP contribution in [0, 0.1) is 17.8 Å². The Morgan fingerprint density at radius 3 is 2.48 bits per heavy atom. The highest BCUT2D eigenvalue weighted by Crippen LogP contribution is 2.17. The second kappa shape index (κ2) is 13.4. The van der Waals surface area contributed by atoms with Crippen LogP contribution in [-0.2, 0) is 0 Å². The number of aliphatic hydroxyl groups is 1. The quantitative estimate of drug-likeness (QED) is 0.394. The third-order valence-corrected chi connectivity index (χ3v) is 5.00. The first-order valence-corrected chi connectivity index (χ1v) is 10.4. The molecule has 5 heteroatoms. The van der Waals surface area contributed by atoms with E-state index in [1.54, 1.807) is 0 Å². The Kier molecular flexibility index (Phi) is 11.9. The number of nitrogens with one attached hydrogen (secondary N) is 2. The van der Waals surface area contributed by atoms with E-state index in [-0.39, 0.29) is 6.61 Å². The van der Waals surface area contributed by atoms with Gasteiger partial charge in [-0.1, -0.05) is 20.8 Å². The Hall–Kier alpha value is -0.810. The van der Waals surface area contributed by atoms with E-state index >= 15 is 0 Å². The molecule has 0 bridgehead atoms. The Bertz CT molecular complexity index is 352. The van der Waals surface area contributed by atoms with E-state index < -0.39 is 0 Å². The van der Waals surface area contributed by atoms with Crippen molar-refractivity contribution in [1.82, 2.24) is 15.5 Å². The van der Waals surface area contributed by atoms with Gasteiger partial charge in [-0.3, -0.25) is 4.99 Å². The minimum absolute atomic E-state index is 0.257. The molecule has 25 heavy (non-hydrogen) atoms. The number of piperidine rings is 1. The molecule has 1 aliphatic rings. The zero-order valence-corrected chi connectivity index (χ0v) is 17.1. The third kappa shape index (κ3) is 10.0. The number of guanidine groups is 1. The highest BCUT2D eigenvalue weighted by atomic mass is 16.3. The van der Waals surface area contributed by atoms with Gasteiger partial charge in [0.1, 0.15) is 0 Å². The number of nitrogens with zero attached hydrogens (tertiary/aromatic N) is 2. The first-order valence-electron chi connectivity index (χ1n) is 10.4. The maximum Gasteiger partial charge on any atom is 0.191 e. The van der Waals surface area contributed by atoms with Crippen LogP contribution in [0.5, 0.6) is 0 Å². The number of likely N-dealkylation sites (tertiary alicyclic amines) is 1. The molecule has 1 unspecified atom stereocenters. The number of rotatable bonds is 11. The molecule has 0 aromatic rings. The molecule has 0 saturated carbocycles. The summed E-state index contributed by atoms with van der Waals surface area (Å²) in [5.41, 5.74) is 0. The summed E-state index contributed by atoms with van der Waals surface area (Å²) >= 11 is 0. The molecule has 1 aliphatic heterocycles. The van der Waals surface area contributed by atoms with Crippen LogP contribution in [0.3, 0.4) is 0 Å². The highest BCUT2D eigenvalue weighted by Gasteiger charge is 2.18. The fraction of sp³-hybridized carbons (Fsp3) is 0.950. The van der Waals surface area contributed by atoms with E-state index in [0.717, 1.165) is 44.4 Å². The molecule has 0 radical (unpaired) electrons. The molecule has 1 atom stereocenters. The summed E-state index contributed by atoms with van der Waals surface area (Å²) in [6.45, 7) is 15.5. The molecule has 5 nitrogen and oxygen atoms in total. The first kappa shape index (κ1) is 22.2. The van der Waals surface area contributed by atoms with Crippen LogP contribution < -0.4 is 10.6 Å². The fourth-order valence-electron chi connectivity index (χ4n) is 3.67. The molecule has 0 amide bonds. The number of hydrogen-bond donors (Lipinski definition) is 3. The van der Waals surface area contributed by atoms with E-state index in [0.29, 0.717) is 11.8 Å². The lowest BCUT2D eigenvalue weighted by Crippen LogP contribution is -2.43. The predicted molar refractivity (Wildman–Crippen MR) is 108 cm³/mol. The summed E-state index contributed by atoms with van der Waals surface area (Å²) in [4.78, 5) is 7.37. The minimum Gasteiger partial charge on any atom is -0.396 e. The fourth-order valence-corrected chi connectivity index (χ4v) is 3.67. The normalized spacial score (nSPS) is 18.6. The lowest BCUT2D eigenvalue weighted by Gasteiger charge is -2.32. The summed E-state index contributed by atoms with van der Waals surface area (Å²) in [7, 11) is 0. The maximum absolute atomic E-state index is 9.27. The van der Waals surface area contributed by atoms with Gasteiger partial charge in [0.25, 0.3) is 0 Å². The number of hydrogen-bond acceptors (Lipinski definition) is 3. The van der Waals surface area contributed by atoms with Gasteiger partial charge in [-0.15, -0.1) is 0 Å². The van der Waals surface area contributed by atoms with Crippen molar-refractivity contribution in [3.05, 3.63) is 0 Å². The molecule has 1 fully saturated rings. The molecule has 0 aromatic heterocycles. The number of aliphatic hydroxyl groups excluding tert-OH is 1. The molecule has 148 valence electrons. The van der Waals surface area contributed by atoms with Gasteiger partial charge in [0.2, 0.25) is 0 Å². The SMILES string of the molecule is CCCN1CCC(CNC(=NCC(CCO)CC(C)C)NCC)CC1. The van der Waals surface area contributed by atoms with Gasteiger partial charge in [0, 0.05) is 26.2 Å². The van der Waals surface area contributed by atoms with Crippen LogP contribution in [0.4, 0.5) is 0 Å². The van der Waals surface area contributed by atoms with E-state index in [2.05, 4.69) is 43.2 Å². The zero-order chi connectivity index (χ0) is 18.5. The standard InChI is InChI=1S/C20H42N4O/c1-5-10-24-11-7-18(8-12-24)15-22-20(21-6-2)23-16-19(9-13-25)14-17(3)4/h17-19,25H,5-16H2,1-4H3,(H2,21,22,23). The maximum atomic E-state index is 9.27. The Labute approximate surface area is 155 Å².